The molecule has 0 fully saturated rings. The van der Waals surface area contributed by atoms with Gasteiger partial charge in [-0.3, -0.25) is 0 Å². The summed E-state index contributed by atoms with van der Waals surface area (Å²) in [4.78, 5) is 0. The Labute approximate surface area is 123 Å². The van der Waals surface area contributed by atoms with Crippen molar-refractivity contribution in [2.24, 2.45) is 0 Å². The SMILES string of the molecule is Cc1cc(C)c(/C=C/c2c(C)cc(C)cc2C)c(C)c1. The van der Waals surface area contributed by atoms with E-state index in [1.165, 1.54) is 44.5 Å². The molecule has 0 aliphatic rings. The first-order chi connectivity index (χ1) is 9.38. The molecule has 0 N–H and O–H groups in total. The predicted octanol–water partition coefficient (Wildman–Crippen LogP) is 5.71. The fourth-order valence-corrected chi connectivity index (χ4v) is 3.07. The maximum absolute atomic E-state index is 2.26. The van der Waals surface area contributed by atoms with Crippen LogP contribution in [0.3, 0.4) is 0 Å². The molecule has 2 aromatic carbocycles. The van der Waals surface area contributed by atoms with Crippen LogP contribution in [0.2, 0.25) is 0 Å². The summed E-state index contributed by atoms with van der Waals surface area (Å²) in [5, 5.41) is 0. The van der Waals surface area contributed by atoms with Crippen molar-refractivity contribution in [1.82, 2.24) is 0 Å². The van der Waals surface area contributed by atoms with Crippen molar-refractivity contribution in [3.63, 3.8) is 0 Å². The lowest BCUT2D eigenvalue weighted by Crippen LogP contribution is -1.90. The fourth-order valence-electron chi connectivity index (χ4n) is 3.07. The van der Waals surface area contributed by atoms with Crippen LogP contribution in [0, 0.1) is 41.5 Å². The van der Waals surface area contributed by atoms with Gasteiger partial charge in [0.1, 0.15) is 0 Å². The van der Waals surface area contributed by atoms with E-state index in [1.807, 2.05) is 0 Å². The molecule has 0 heterocycles. The van der Waals surface area contributed by atoms with Crippen LogP contribution in [-0.4, -0.2) is 0 Å². The van der Waals surface area contributed by atoms with E-state index in [2.05, 4.69) is 78.0 Å². The predicted molar refractivity (Wildman–Crippen MR) is 90.2 cm³/mol. The van der Waals surface area contributed by atoms with E-state index < -0.39 is 0 Å². The summed E-state index contributed by atoms with van der Waals surface area (Å²) < 4.78 is 0. The molecular formula is C20H24. The van der Waals surface area contributed by atoms with Gasteiger partial charge in [0.25, 0.3) is 0 Å². The highest BCUT2D eigenvalue weighted by Crippen LogP contribution is 2.22. The highest BCUT2D eigenvalue weighted by Gasteiger charge is 2.03. The molecule has 0 aromatic heterocycles. The van der Waals surface area contributed by atoms with Gasteiger partial charge in [-0.1, -0.05) is 47.5 Å². The summed E-state index contributed by atoms with van der Waals surface area (Å²) in [6.45, 7) is 13.1. The van der Waals surface area contributed by atoms with Crippen molar-refractivity contribution >= 4 is 12.2 Å². The normalized spacial score (nSPS) is 11.3. The fraction of sp³-hybridized carbons (Fsp3) is 0.300. The zero-order chi connectivity index (χ0) is 14.9. The molecule has 2 aromatic rings. The molecule has 0 spiro atoms. The molecule has 0 aliphatic carbocycles. The Morgan fingerprint density at radius 2 is 0.750 bits per heavy atom. The molecule has 2 rings (SSSR count). The molecule has 0 saturated carbocycles. The minimum absolute atomic E-state index is 1.33. The molecule has 0 amide bonds. The van der Waals surface area contributed by atoms with Crippen LogP contribution in [-0.2, 0) is 0 Å². The zero-order valence-corrected chi connectivity index (χ0v) is 13.5. The summed E-state index contributed by atoms with van der Waals surface area (Å²) in [5.41, 5.74) is 10.7. The van der Waals surface area contributed by atoms with Gasteiger partial charge in [-0.15, -0.1) is 0 Å². The average Bonchev–Trinajstić information content (AvgIpc) is 2.30. The Hall–Kier alpha value is -1.82. The molecular weight excluding hydrogens is 240 g/mol. The molecule has 0 heteroatoms. The molecule has 20 heavy (non-hydrogen) atoms. The van der Waals surface area contributed by atoms with Gasteiger partial charge >= 0.3 is 0 Å². The van der Waals surface area contributed by atoms with Gasteiger partial charge in [0.2, 0.25) is 0 Å². The van der Waals surface area contributed by atoms with Crippen molar-refractivity contribution in [1.29, 1.82) is 0 Å². The minimum atomic E-state index is 1.33. The highest BCUT2D eigenvalue weighted by molar-refractivity contribution is 5.75. The third-order valence-corrected chi connectivity index (χ3v) is 3.89. The summed E-state index contributed by atoms with van der Waals surface area (Å²) >= 11 is 0. The molecule has 0 saturated heterocycles. The number of benzene rings is 2. The van der Waals surface area contributed by atoms with E-state index in [4.69, 9.17) is 0 Å². The van der Waals surface area contributed by atoms with Gasteiger partial charge in [0, 0.05) is 0 Å². The number of rotatable bonds is 2. The first-order valence-corrected chi connectivity index (χ1v) is 7.22. The van der Waals surface area contributed by atoms with E-state index in [0.29, 0.717) is 0 Å². The van der Waals surface area contributed by atoms with Gasteiger partial charge in [0.05, 0.1) is 0 Å². The first kappa shape index (κ1) is 14.6. The largest absolute Gasteiger partial charge is 0.0558 e. The van der Waals surface area contributed by atoms with Crippen molar-refractivity contribution < 1.29 is 0 Å². The van der Waals surface area contributed by atoms with Crippen molar-refractivity contribution in [2.45, 2.75) is 41.5 Å². The van der Waals surface area contributed by atoms with E-state index in [1.54, 1.807) is 0 Å². The van der Waals surface area contributed by atoms with Crippen LogP contribution >= 0.6 is 0 Å². The Morgan fingerprint density at radius 3 is 1.00 bits per heavy atom. The molecule has 0 radical (unpaired) electrons. The van der Waals surface area contributed by atoms with E-state index in [-0.39, 0.29) is 0 Å². The van der Waals surface area contributed by atoms with Crippen LogP contribution in [0.15, 0.2) is 24.3 Å². The molecule has 0 bridgehead atoms. The third-order valence-electron chi connectivity index (χ3n) is 3.89. The molecule has 0 nitrogen and oxygen atoms in total. The molecule has 0 atom stereocenters. The summed E-state index contributed by atoms with van der Waals surface area (Å²) in [5.74, 6) is 0. The van der Waals surface area contributed by atoms with Crippen molar-refractivity contribution in [3.8, 4) is 0 Å². The Morgan fingerprint density at radius 1 is 0.500 bits per heavy atom. The first-order valence-electron chi connectivity index (χ1n) is 7.22. The van der Waals surface area contributed by atoms with Crippen LogP contribution in [0.4, 0.5) is 0 Å². The summed E-state index contributed by atoms with van der Waals surface area (Å²) in [6, 6.07) is 9.01. The second-order valence-electron chi connectivity index (χ2n) is 5.96. The van der Waals surface area contributed by atoms with Crippen LogP contribution < -0.4 is 0 Å². The van der Waals surface area contributed by atoms with Crippen LogP contribution in [0.25, 0.3) is 12.2 Å². The van der Waals surface area contributed by atoms with E-state index in [9.17, 15) is 0 Å². The topological polar surface area (TPSA) is 0 Å². The second kappa shape index (κ2) is 5.66. The monoisotopic (exact) mass is 264 g/mol. The van der Waals surface area contributed by atoms with Gasteiger partial charge < -0.3 is 0 Å². The molecule has 0 unspecified atom stereocenters. The van der Waals surface area contributed by atoms with Gasteiger partial charge in [-0.2, -0.15) is 0 Å². The molecule has 0 aliphatic heterocycles. The summed E-state index contributed by atoms with van der Waals surface area (Å²) in [6.07, 6.45) is 4.52. The lowest BCUT2D eigenvalue weighted by atomic mass is 9.96. The zero-order valence-electron chi connectivity index (χ0n) is 13.5. The van der Waals surface area contributed by atoms with Crippen molar-refractivity contribution in [2.75, 3.05) is 0 Å². The molecule has 104 valence electrons. The van der Waals surface area contributed by atoms with Gasteiger partial charge in [0.15, 0.2) is 0 Å². The average molecular weight is 264 g/mol. The quantitative estimate of drug-likeness (QED) is 0.610. The number of aryl methyl sites for hydroxylation is 6. The second-order valence-corrected chi connectivity index (χ2v) is 5.96. The van der Waals surface area contributed by atoms with Crippen LogP contribution in [0.5, 0.6) is 0 Å². The highest BCUT2D eigenvalue weighted by atomic mass is 14.1. The Bertz CT molecular complexity index is 567. The summed E-state index contributed by atoms with van der Waals surface area (Å²) in [7, 11) is 0. The van der Waals surface area contributed by atoms with Crippen molar-refractivity contribution in [3.05, 3.63) is 68.8 Å². The van der Waals surface area contributed by atoms with Gasteiger partial charge in [-0.25, -0.2) is 0 Å². The number of hydrogen-bond acceptors (Lipinski definition) is 0. The smallest absolute Gasteiger partial charge is 0.0198 e. The lowest BCUT2D eigenvalue weighted by Gasteiger charge is -2.09. The number of hydrogen-bond donors (Lipinski definition) is 0. The minimum Gasteiger partial charge on any atom is -0.0558 e. The maximum atomic E-state index is 2.26. The van der Waals surface area contributed by atoms with E-state index in [0.717, 1.165) is 0 Å². The third kappa shape index (κ3) is 3.01. The van der Waals surface area contributed by atoms with E-state index >= 15 is 0 Å². The Balaban J connectivity index is 2.45. The maximum Gasteiger partial charge on any atom is -0.0198 e. The van der Waals surface area contributed by atoms with Gasteiger partial charge in [-0.05, 0) is 74.9 Å². The van der Waals surface area contributed by atoms with Crippen LogP contribution in [0.1, 0.15) is 44.5 Å². The standard InChI is InChI=1S/C20H24/c1-13-9-15(3)19(16(4)10-13)7-8-20-17(5)11-14(2)12-18(20)6/h7-12H,1-6H3/b8-7+. The lowest BCUT2D eigenvalue weighted by molar-refractivity contribution is 1.29. The Kier molecular flexibility index (Phi) is 4.13.